The van der Waals surface area contributed by atoms with Crippen LogP contribution in [0.4, 0.5) is 0 Å². The van der Waals surface area contributed by atoms with Gasteiger partial charge in [0.15, 0.2) is 19.9 Å². The van der Waals surface area contributed by atoms with Gasteiger partial charge < -0.3 is 29.5 Å². The molecule has 2 unspecified atom stereocenters. The fourth-order valence-electron chi connectivity index (χ4n) is 1.33. The predicted molar refractivity (Wildman–Crippen MR) is 49.7 cm³/mol. The summed E-state index contributed by atoms with van der Waals surface area (Å²) in [7, 11) is 0. The summed E-state index contributed by atoms with van der Waals surface area (Å²) in [5.41, 5.74) is 0. The van der Waals surface area contributed by atoms with Crippen LogP contribution in [0, 0.1) is 0 Å². The van der Waals surface area contributed by atoms with E-state index >= 15 is 0 Å². The van der Waals surface area contributed by atoms with Gasteiger partial charge in [-0.05, 0) is 19.3 Å². The molecule has 1 aliphatic heterocycles. The van der Waals surface area contributed by atoms with Crippen LogP contribution in [0.25, 0.3) is 0 Å². The third-order valence-electron chi connectivity index (χ3n) is 2.21. The van der Waals surface area contributed by atoms with Crippen LogP contribution >= 0.6 is 0 Å². The van der Waals surface area contributed by atoms with Crippen molar-refractivity contribution in [2.24, 2.45) is 0 Å². The van der Waals surface area contributed by atoms with Gasteiger partial charge in [0.2, 0.25) is 0 Å². The Morgan fingerprint density at radius 3 is 2.40 bits per heavy atom. The zero-order chi connectivity index (χ0) is 11.1. The van der Waals surface area contributed by atoms with E-state index < -0.39 is 18.5 Å². The predicted octanol–water partition coefficient (Wildman–Crippen LogP) is -0.825. The zero-order valence-electron chi connectivity index (χ0n) is 8.54. The summed E-state index contributed by atoms with van der Waals surface area (Å²) in [5, 5.41) is 27.7. The quantitative estimate of drug-likeness (QED) is 0.509. The third-order valence-corrected chi connectivity index (χ3v) is 2.21. The van der Waals surface area contributed by atoms with Crippen molar-refractivity contribution in [3.05, 3.63) is 0 Å². The molecule has 0 aliphatic carbocycles. The SMILES string of the molecule is OCCCCC(O)C(O)C1OCOCO1. The number of hydrogen-bond acceptors (Lipinski definition) is 6. The first kappa shape index (κ1) is 12.8. The molecule has 6 nitrogen and oxygen atoms in total. The minimum Gasteiger partial charge on any atom is -0.396 e. The summed E-state index contributed by atoms with van der Waals surface area (Å²) >= 11 is 0. The second-order valence-corrected chi connectivity index (χ2v) is 3.42. The van der Waals surface area contributed by atoms with Crippen molar-refractivity contribution in [3.63, 3.8) is 0 Å². The molecule has 1 saturated heterocycles. The van der Waals surface area contributed by atoms with E-state index in [1.807, 2.05) is 0 Å². The van der Waals surface area contributed by atoms with Crippen molar-refractivity contribution in [1.82, 2.24) is 0 Å². The average Bonchev–Trinajstić information content (AvgIpc) is 2.29. The van der Waals surface area contributed by atoms with Gasteiger partial charge in [0.25, 0.3) is 0 Å². The number of aliphatic hydroxyl groups excluding tert-OH is 3. The van der Waals surface area contributed by atoms with Crippen molar-refractivity contribution < 1.29 is 29.5 Å². The summed E-state index contributed by atoms with van der Waals surface area (Å²) in [5.74, 6) is 0. The molecule has 0 aromatic rings. The van der Waals surface area contributed by atoms with E-state index in [-0.39, 0.29) is 20.2 Å². The van der Waals surface area contributed by atoms with E-state index in [4.69, 9.17) is 19.3 Å². The normalized spacial score (nSPS) is 22.6. The second-order valence-electron chi connectivity index (χ2n) is 3.42. The summed E-state index contributed by atoms with van der Waals surface area (Å²) in [6.07, 6.45) is -1.14. The molecule has 0 aromatic heterocycles. The van der Waals surface area contributed by atoms with E-state index in [0.717, 1.165) is 0 Å². The molecule has 90 valence electrons. The van der Waals surface area contributed by atoms with Gasteiger partial charge >= 0.3 is 0 Å². The first-order chi connectivity index (χ1) is 7.25. The fourth-order valence-corrected chi connectivity index (χ4v) is 1.33. The number of rotatable bonds is 6. The van der Waals surface area contributed by atoms with Gasteiger partial charge in [-0.1, -0.05) is 0 Å². The molecule has 0 amide bonds. The summed E-state index contributed by atoms with van der Waals surface area (Å²) in [6.45, 7) is 0.212. The van der Waals surface area contributed by atoms with Crippen LogP contribution in [0.1, 0.15) is 19.3 Å². The molecule has 1 heterocycles. The highest BCUT2D eigenvalue weighted by Gasteiger charge is 2.29. The molecule has 1 fully saturated rings. The van der Waals surface area contributed by atoms with Crippen LogP contribution in [0.15, 0.2) is 0 Å². The minimum absolute atomic E-state index is 0.0606. The highest BCUT2D eigenvalue weighted by molar-refractivity contribution is 4.71. The molecule has 1 aliphatic rings. The van der Waals surface area contributed by atoms with Gasteiger partial charge in [-0.2, -0.15) is 0 Å². The van der Waals surface area contributed by atoms with Crippen molar-refractivity contribution in [3.8, 4) is 0 Å². The average molecular weight is 222 g/mol. The van der Waals surface area contributed by atoms with E-state index in [0.29, 0.717) is 19.3 Å². The molecule has 2 atom stereocenters. The highest BCUT2D eigenvalue weighted by Crippen LogP contribution is 2.14. The van der Waals surface area contributed by atoms with Crippen LogP contribution in [0.2, 0.25) is 0 Å². The Kier molecular flexibility index (Phi) is 6.07. The molecule has 0 spiro atoms. The topological polar surface area (TPSA) is 88.4 Å². The van der Waals surface area contributed by atoms with Crippen LogP contribution < -0.4 is 0 Å². The van der Waals surface area contributed by atoms with Gasteiger partial charge in [0.1, 0.15) is 6.10 Å². The lowest BCUT2D eigenvalue weighted by atomic mass is 10.1. The second kappa shape index (κ2) is 7.10. The lowest BCUT2D eigenvalue weighted by Crippen LogP contribution is -2.43. The molecule has 3 N–H and O–H groups in total. The van der Waals surface area contributed by atoms with Crippen LogP contribution in [-0.2, 0) is 14.2 Å². The van der Waals surface area contributed by atoms with Gasteiger partial charge in [0, 0.05) is 6.61 Å². The largest absolute Gasteiger partial charge is 0.396 e. The summed E-state index contributed by atoms with van der Waals surface area (Å²) in [6, 6.07) is 0. The minimum atomic E-state index is -1.08. The lowest BCUT2D eigenvalue weighted by molar-refractivity contribution is -0.329. The number of hydrogen-bond donors (Lipinski definition) is 3. The number of aliphatic hydroxyl groups is 3. The molecule has 6 heteroatoms. The highest BCUT2D eigenvalue weighted by atomic mass is 16.8. The maximum absolute atomic E-state index is 9.62. The third kappa shape index (κ3) is 4.42. The van der Waals surface area contributed by atoms with Gasteiger partial charge in [-0.15, -0.1) is 0 Å². The molecule has 0 radical (unpaired) electrons. The molecular formula is C9H18O6. The Balaban J connectivity index is 2.21. The van der Waals surface area contributed by atoms with E-state index in [1.165, 1.54) is 0 Å². The van der Waals surface area contributed by atoms with Gasteiger partial charge in [0.05, 0.1) is 6.10 Å². The Labute approximate surface area is 88.4 Å². The van der Waals surface area contributed by atoms with Crippen molar-refractivity contribution >= 4 is 0 Å². The summed E-state index contributed by atoms with van der Waals surface area (Å²) < 4.78 is 14.7. The maximum Gasteiger partial charge on any atom is 0.191 e. The Morgan fingerprint density at radius 2 is 1.80 bits per heavy atom. The molecule has 1 rings (SSSR count). The van der Waals surface area contributed by atoms with E-state index in [2.05, 4.69) is 0 Å². The molecule has 15 heavy (non-hydrogen) atoms. The maximum atomic E-state index is 9.62. The Hall–Kier alpha value is -0.240. The van der Waals surface area contributed by atoms with E-state index in [1.54, 1.807) is 0 Å². The Morgan fingerprint density at radius 1 is 1.13 bits per heavy atom. The first-order valence-corrected chi connectivity index (χ1v) is 5.03. The lowest BCUT2D eigenvalue weighted by Gasteiger charge is -2.29. The van der Waals surface area contributed by atoms with Gasteiger partial charge in [-0.3, -0.25) is 0 Å². The number of ether oxygens (including phenoxy) is 3. The molecule has 0 saturated carbocycles. The standard InChI is InChI=1S/C9H18O6/c10-4-2-1-3-7(11)8(12)9-14-5-13-6-15-9/h7-12H,1-6H2. The zero-order valence-corrected chi connectivity index (χ0v) is 8.54. The fraction of sp³-hybridized carbons (Fsp3) is 1.00. The first-order valence-electron chi connectivity index (χ1n) is 5.03. The number of unbranched alkanes of at least 4 members (excludes halogenated alkanes) is 1. The van der Waals surface area contributed by atoms with Crippen molar-refractivity contribution in [2.75, 3.05) is 20.2 Å². The van der Waals surface area contributed by atoms with E-state index in [9.17, 15) is 10.2 Å². The smallest absolute Gasteiger partial charge is 0.191 e. The van der Waals surface area contributed by atoms with Gasteiger partial charge in [-0.25, -0.2) is 0 Å². The monoisotopic (exact) mass is 222 g/mol. The van der Waals surface area contributed by atoms with Crippen LogP contribution in [-0.4, -0.2) is 54.0 Å². The van der Waals surface area contributed by atoms with Crippen molar-refractivity contribution in [1.29, 1.82) is 0 Å². The Bertz CT molecular complexity index is 159. The molecule has 0 bridgehead atoms. The molecule has 0 aromatic carbocycles. The van der Waals surface area contributed by atoms with Crippen LogP contribution in [0.3, 0.4) is 0 Å². The summed E-state index contributed by atoms with van der Waals surface area (Å²) in [4.78, 5) is 0. The van der Waals surface area contributed by atoms with Crippen LogP contribution in [0.5, 0.6) is 0 Å². The molecular weight excluding hydrogens is 204 g/mol. The van der Waals surface area contributed by atoms with Crippen molar-refractivity contribution in [2.45, 2.75) is 37.8 Å².